The van der Waals surface area contributed by atoms with Crippen LogP contribution in [-0.4, -0.2) is 9.85 Å². The Morgan fingerprint density at radius 1 is 0.696 bits per heavy atom. The first kappa shape index (κ1) is 14.5. The van der Waals surface area contributed by atoms with Crippen molar-refractivity contribution < 1.29 is 14.3 Å². The highest BCUT2D eigenvalue weighted by molar-refractivity contribution is 5.67. The van der Waals surface area contributed by atoms with E-state index in [4.69, 9.17) is 4.42 Å². The molecule has 0 saturated carbocycles. The van der Waals surface area contributed by atoms with Crippen LogP contribution < -0.4 is 0 Å². The topological polar surface area (TPSA) is 99.4 Å². The molecule has 0 atom stereocenters. The predicted octanol–water partition coefficient (Wildman–Crippen LogP) is 4.43. The minimum absolute atomic E-state index is 0.000728. The highest BCUT2D eigenvalue weighted by Crippen LogP contribution is 2.30. The second-order valence-electron chi connectivity index (χ2n) is 4.78. The molecule has 0 amide bonds. The molecule has 7 heteroatoms. The smallest absolute Gasteiger partial charge is 0.270 e. The van der Waals surface area contributed by atoms with Gasteiger partial charge in [-0.25, -0.2) is 0 Å². The number of hydrogen-bond acceptors (Lipinski definition) is 5. The first-order chi connectivity index (χ1) is 11.0. The second-order valence-corrected chi connectivity index (χ2v) is 4.78. The molecule has 3 rings (SSSR count). The monoisotopic (exact) mass is 310 g/mol. The van der Waals surface area contributed by atoms with Crippen LogP contribution in [0.4, 0.5) is 11.4 Å². The molecule has 1 aromatic heterocycles. The van der Waals surface area contributed by atoms with Gasteiger partial charge in [-0.3, -0.25) is 20.2 Å². The molecular formula is C16H10N2O5. The second kappa shape index (κ2) is 5.72. The van der Waals surface area contributed by atoms with Crippen LogP contribution in [0.25, 0.3) is 22.6 Å². The summed E-state index contributed by atoms with van der Waals surface area (Å²) in [7, 11) is 0. The number of furan rings is 1. The van der Waals surface area contributed by atoms with Crippen LogP contribution in [0.3, 0.4) is 0 Å². The molecule has 114 valence electrons. The lowest BCUT2D eigenvalue weighted by Crippen LogP contribution is -1.87. The van der Waals surface area contributed by atoms with E-state index in [1.807, 2.05) is 0 Å². The molecule has 0 N–H and O–H groups in total. The molecule has 0 radical (unpaired) electrons. The van der Waals surface area contributed by atoms with Crippen molar-refractivity contribution in [2.45, 2.75) is 0 Å². The first-order valence-electron chi connectivity index (χ1n) is 6.64. The van der Waals surface area contributed by atoms with Crippen molar-refractivity contribution in [3.05, 3.63) is 80.9 Å². The summed E-state index contributed by atoms with van der Waals surface area (Å²) in [4.78, 5) is 20.5. The van der Waals surface area contributed by atoms with Crippen molar-refractivity contribution in [1.29, 1.82) is 0 Å². The summed E-state index contributed by atoms with van der Waals surface area (Å²) >= 11 is 0. The Bertz CT molecular complexity index is 883. The van der Waals surface area contributed by atoms with Gasteiger partial charge in [-0.15, -0.1) is 0 Å². The average molecular weight is 310 g/mol. The zero-order chi connectivity index (χ0) is 16.4. The minimum Gasteiger partial charge on any atom is -0.456 e. The van der Waals surface area contributed by atoms with Gasteiger partial charge in [-0.1, -0.05) is 12.1 Å². The summed E-state index contributed by atoms with van der Waals surface area (Å²) in [6.07, 6.45) is 0. The van der Waals surface area contributed by atoms with Gasteiger partial charge in [0.2, 0.25) is 0 Å². The van der Waals surface area contributed by atoms with E-state index in [0.717, 1.165) is 0 Å². The van der Waals surface area contributed by atoms with Crippen LogP contribution in [0.1, 0.15) is 0 Å². The van der Waals surface area contributed by atoms with Crippen molar-refractivity contribution in [2.75, 3.05) is 0 Å². The van der Waals surface area contributed by atoms with Gasteiger partial charge in [-0.05, 0) is 24.3 Å². The Morgan fingerprint density at radius 2 is 1.30 bits per heavy atom. The Labute approximate surface area is 130 Å². The van der Waals surface area contributed by atoms with Crippen LogP contribution in [0.15, 0.2) is 65.1 Å². The van der Waals surface area contributed by atoms with Crippen molar-refractivity contribution in [1.82, 2.24) is 0 Å². The molecule has 0 unspecified atom stereocenters. The fraction of sp³-hybridized carbons (Fsp3) is 0. The number of rotatable bonds is 4. The lowest BCUT2D eigenvalue weighted by Gasteiger charge is -1.99. The zero-order valence-electron chi connectivity index (χ0n) is 11.7. The predicted molar refractivity (Wildman–Crippen MR) is 82.9 cm³/mol. The summed E-state index contributed by atoms with van der Waals surface area (Å²) in [6.45, 7) is 0. The van der Waals surface area contributed by atoms with Gasteiger partial charge in [-0.2, -0.15) is 0 Å². The van der Waals surface area contributed by atoms with E-state index in [-0.39, 0.29) is 11.4 Å². The Kier molecular flexibility index (Phi) is 3.60. The van der Waals surface area contributed by atoms with Crippen LogP contribution in [0, 0.1) is 20.2 Å². The molecule has 0 aliphatic carbocycles. The van der Waals surface area contributed by atoms with E-state index < -0.39 is 9.85 Å². The quantitative estimate of drug-likeness (QED) is 0.524. The number of non-ortho nitro benzene ring substituents is 2. The molecule has 0 fully saturated rings. The SMILES string of the molecule is O=[N+]([O-])c1ccc(-c2ccc(-c3cccc([N+](=O)[O-])c3)o2)cc1. The first-order valence-corrected chi connectivity index (χ1v) is 6.64. The van der Waals surface area contributed by atoms with E-state index in [9.17, 15) is 20.2 Å². The number of benzene rings is 2. The van der Waals surface area contributed by atoms with E-state index in [2.05, 4.69) is 0 Å². The maximum absolute atomic E-state index is 10.8. The highest BCUT2D eigenvalue weighted by Gasteiger charge is 2.12. The molecule has 0 spiro atoms. The van der Waals surface area contributed by atoms with Gasteiger partial charge in [0, 0.05) is 35.4 Å². The molecular weight excluding hydrogens is 300 g/mol. The third kappa shape index (κ3) is 2.93. The van der Waals surface area contributed by atoms with Gasteiger partial charge >= 0.3 is 0 Å². The van der Waals surface area contributed by atoms with Crippen molar-refractivity contribution >= 4 is 11.4 Å². The average Bonchev–Trinajstić information content (AvgIpc) is 3.05. The molecule has 0 aliphatic heterocycles. The summed E-state index contributed by atoms with van der Waals surface area (Å²) in [5, 5.41) is 21.5. The summed E-state index contributed by atoms with van der Waals surface area (Å²) in [6, 6.07) is 15.5. The van der Waals surface area contributed by atoms with Gasteiger partial charge in [0.05, 0.1) is 9.85 Å². The minimum atomic E-state index is -0.472. The van der Waals surface area contributed by atoms with Crippen molar-refractivity contribution in [2.24, 2.45) is 0 Å². The molecule has 2 aromatic carbocycles. The lowest BCUT2D eigenvalue weighted by atomic mass is 10.1. The fourth-order valence-corrected chi connectivity index (χ4v) is 2.17. The number of nitro groups is 2. The largest absolute Gasteiger partial charge is 0.456 e. The fourth-order valence-electron chi connectivity index (χ4n) is 2.17. The summed E-state index contributed by atoms with van der Waals surface area (Å²) in [5.74, 6) is 1.02. The maximum atomic E-state index is 10.8. The number of hydrogen-bond donors (Lipinski definition) is 0. The lowest BCUT2D eigenvalue weighted by molar-refractivity contribution is -0.385. The maximum Gasteiger partial charge on any atom is 0.270 e. The van der Waals surface area contributed by atoms with Crippen LogP contribution in [0.5, 0.6) is 0 Å². The number of nitro benzene ring substituents is 2. The van der Waals surface area contributed by atoms with E-state index in [1.54, 1.807) is 36.4 Å². The molecule has 0 aliphatic rings. The van der Waals surface area contributed by atoms with Gasteiger partial charge < -0.3 is 4.42 Å². The van der Waals surface area contributed by atoms with E-state index >= 15 is 0 Å². The Balaban J connectivity index is 1.92. The van der Waals surface area contributed by atoms with Gasteiger partial charge in [0.25, 0.3) is 11.4 Å². The zero-order valence-corrected chi connectivity index (χ0v) is 11.7. The molecule has 1 heterocycles. The summed E-state index contributed by atoms with van der Waals surface area (Å²) in [5.41, 5.74) is 1.26. The molecule has 7 nitrogen and oxygen atoms in total. The van der Waals surface area contributed by atoms with E-state index in [0.29, 0.717) is 22.6 Å². The van der Waals surface area contributed by atoms with Gasteiger partial charge in [0.1, 0.15) is 11.5 Å². The molecule has 23 heavy (non-hydrogen) atoms. The molecule has 3 aromatic rings. The number of nitrogens with zero attached hydrogens (tertiary/aromatic N) is 2. The molecule has 0 saturated heterocycles. The molecule has 0 bridgehead atoms. The standard InChI is InChI=1S/C16H10N2O5/c19-17(20)13-6-4-11(5-7-13)15-8-9-16(23-15)12-2-1-3-14(10-12)18(21)22/h1-10H. The Hall–Kier alpha value is -3.48. The third-order valence-corrected chi connectivity index (χ3v) is 3.31. The van der Waals surface area contributed by atoms with Crippen LogP contribution in [-0.2, 0) is 0 Å². The van der Waals surface area contributed by atoms with Crippen molar-refractivity contribution in [3.8, 4) is 22.6 Å². The van der Waals surface area contributed by atoms with Crippen LogP contribution in [0.2, 0.25) is 0 Å². The van der Waals surface area contributed by atoms with Crippen molar-refractivity contribution in [3.63, 3.8) is 0 Å². The normalized spacial score (nSPS) is 10.4. The van der Waals surface area contributed by atoms with Crippen LogP contribution >= 0.6 is 0 Å². The van der Waals surface area contributed by atoms with Gasteiger partial charge in [0.15, 0.2) is 0 Å². The Morgan fingerprint density at radius 3 is 1.91 bits per heavy atom. The third-order valence-electron chi connectivity index (χ3n) is 3.31. The summed E-state index contributed by atoms with van der Waals surface area (Å²) < 4.78 is 5.70. The highest BCUT2D eigenvalue weighted by atomic mass is 16.6. The van der Waals surface area contributed by atoms with E-state index in [1.165, 1.54) is 24.3 Å².